The molecule has 3 heterocycles. The van der Waals surface area contributed by atoms with E-state index in [-0.39, 0.29) is 12.6 Å². The molecule has 1 aliphatic heterocycles. The second kappa shape index (κ2) is 7.86. The number of guanidine groups is 1. The molecular formula is C16H21N7O2. The van der Waals surface area contributed by atoms with Gasteiger partial charge in [0, 0.05) is 31.9 Å². The summed E-state index contributed by atoms with van der Waals surface area (Å²) in [7, 11) is 0. The van der Waals surface area contributed by atoms with Crippen molar-refractivity contribution >= 4 is 23.5 Å². The van der Waals surface area contributed by atoms with Crippen LogP contribution in [0.2, 0.25) is 0 Å². The van der Waals surface area contributed by atoms with Gasteiger partial charge in [0.25, 0.3) is 0 Å². The van der Waals surface area contributed by atoms with Crippen LogP contribution in [0.3, 0.4) is 0 Å². The Morgan fingerprint density at radius 1 is 1.40 bits per heavy atom. The number of nitrogens with two attached hydrogens (primary N) is 1. The highest BCUT2D eigenvalue weighted by Crippen LogP contribution is 2.22. The third-order valence-corrected chi connectivity index (χ3v) is 3.76. The van der Waals surface area contributed by atoms with Crippen molar-refractivity contribution in [1.29, 1.82) is 0 Å². The summed E-state index contributed by atoms with van der Waals surface area (Å²) in [6, 6.07) is 1.85. The summed E-state index contributed by atoms with van der Waals surface area (Å²) < 4.78 is 7.16. The summed E-state index contributed by atoms with van der Waals surface area (Å²) >= 11 is 0. The predicted octanol–water partition coefficient (Wildman–Crippen LogP) is 0.130. The van der Waals surface area contributed by atoms with Crippen LogP contribution >= 0.6 is 0 Å². The Balaban J connectivity index is 1.93. The van der Waals surface area contributed by atoms with Gasteiger partial charge < -0.3 is 20.5 Å². The van der Waals surface area contributed by atoms with E-state index in [1.165, 1.54) is 6.20 Å². The number of anilines is 1. The largest absolute Gasteiger partial charge is 0.390 e. The summed E-state index contributed by atoms with van der Waals surface area (Å²) in [4.78, 5) is 14.7. The zero-order chi connectivity index (χ0) is 17.6. The Morgan fingerprint density at radius 2 is 2.20 bits per heavy atom. The number of aliphatic imine (C=N–C) groups is 2. The van der Waals surface area contributed by atoms with E-state index in [0.29, 0.717) is 25.3 Å². The quantitative estimate of drug-likeness (QED) is 0.589. The fourth-order valence-electron chi connectivity index (χ4n) is 2.62. The fraction of sp³-hybridized carbons (Fsp3) is 0.375. The van der Waals surface area contributed by atoms with Gasteiger partial charge in [-0.2, -0.15) is 5.10 Å². The van der Waals surface area contributed by atoms with E-state index in [0.717, 1.165) is 30.1 Å². The van der Waals surface area contributed by atoms with Crippen molar-refractivity contribution in [2.24, 2.45) is 15.7 Å². The van der Waals surface area contributed by atoms with Crippen LogP contribution in [0.5, 0.6) is 0 Å². The van der Waals surface area contributed by atoms with Gasteiger partial charge in [0.2, 0.25) is 5.96 Å². The molecule has 0 aliphatic carbocycles. The molecule has 0 aromatic carbocycles. The number of nitrogens with zero attached hydrogens (tertiary/aromatic N) is 6. The van der Waals surface area contributed by atoms with Crippen LogP contribution in [-0.2, 0) is 17.8 Å². The fourth-order valence-corrected chi connectivity index (χ4v) is 2.62. The monoisotopic (exact) mass is 343 g/mol. The number of aromatic nitrogens is 3. The number of fused-ring (bicyclic) bond motifs is 1. The average Bonchev–Trinajstić information content (AvgIpc) is 3.05. The lowest BCUT2D eigenvalue weighted by Crippen LogP contribution is -2.37. The van der Waals surface area contributed by atoms with Crippen LogP contribution in [0, 0.1) is 0 Å². The average molecular weight is 343 g/mol. The highest BCUT2D eigenvalue weighted by Gasteiger charge is 2.18. The second-order valence-electron chi connectivity index (χ2n) is 5.46. The minimum absolute atomic E-state index is 0.116. The Morgan fingerprint density at radius 3 is 2.92 bits per heavy atom. The van der Waals surface area contributed by atoms with Crippen molar-refractivity contribution in [3.63, 3.8) is 0 Å². The number of hydrogen-bond acceptors (Lipinski definition) is 6. The molecular weight excluding hydrogens is 322 g/mol. The van der Waals surface area contributed by atoms with Crippen LogP contribution in [0.25, 0.3) is 5.52 Å². The Hall–Kier alpha value is -2.78. The van der Waals surface area contributed by atoms with Crippen molar-refractivity contribution in [3.05, 3.63) is 36.4 Å². The molecule has 2 aromatic heterocycles. The van der Waals surface area contributed by atoms with Crippen molar-refractivity contribution < 1.29 is 9.84 Å². The van der Waals surface area contributed by atoms with E-state index in [1.54, 1.807) is 10.7 Å². The normalized spacial score (nSPS) is 16.0. The topological polar surface area (TPSA) is 114 Å². The van der Waals surface area contributed by atoms with Gasteiger partial charge in [-0.05, 0) is 6.07 Å². The van der Waals surface area contributed by atoms with Crippen LogP contribution in [0.1, 0.15) is 11.4 Å². The SMILES string of the molecule is C=C/N=C(N)\N=C/Cc1cn2nc(CO)cc2c(N2CCOCC2)n1. The zero-order valence-corrected chi connectivity index (χ0v) is 13.9. The van der Waals surface area contributed by atoms with E-state index in [1.807, 2.05) is 12.3 Å². The van der Waals surface area contributed by atoms with E-state index >= 15 is 0 Å². The molecule has 3 N–H and O–H groups in total. The van der Waals surface area contributed by atoms with Crippen molar-refractivity contribution in [2.45, 2.75) is 13.0 Å². The summed E-state index contributed by atoms with van der Waals surface area (Å²) in [5.41, 5.74) is 7.85. The first-order valence-corrected chi connectivity index (χ1v) is 7.99. The molecule has 0 saturated carbocycles. The van der Waals surface area contributed by atoms with Crippen molar-refractivity contribution in [1.82, 2.24) is 14.6 Å². The molecule has 0 amide bonds. The second-order valence-corrected chi connectivity index (χ2v) is 5.46. The lowest BCUT2D eigenvalue weighted by Gasteiger charge is -2.28. The maximum absolute atomic E-state index is 9.38. The standard InChI is InChI=1S/C16H21N7O2/c1-2-18-16(17)19-4-3-12-10-23-14(9-13(11-24)21-23)15(20-12)22-5-7-25-8-6-22/h2,4,9-10,24H,1,3,5-8,11H2,(H2,17,18)/b19-4-. The molecule has 0 atom stereocenters. The van der Waals surface area contributed by atoms with Crippen LogP contribution in [0.15, 0.2) is 35.0 Å². The van der Waals surface area contributed by atoms with Crippen molar-refractivity contribution in [3.8, 4) is 0 Å². The molecule has 1 aliphatic rings. The number of morpholine rings is 1. The molecule has 1 saturated heterocycles. The van der Waals surface area contributed by atoms with Crippen LogP contribution in [-0.4, -0.2) is 58.2 Å². The number of aliphatic hydroxyl groups excluding tert-OH is 1. The van der Waals surface area contributed by atoms with E-state index in [4.69, 9.17) is 15.5 Å². The van der Waals surface area contributed by atoms with Gasteiger partial charge in [-0.15, -0.1) is 0 Å². The minimum atomic E-state index is -0.116. The number of ether oxygens (including phenoxy) is 1. The van der Waals surface area contributed by atoms with E-state index < -0.39 is 0 Å². The van der Waals surface area contributed by atoms with Gasteiger partial charge in [-0.1, -0.05) is 6.58 Å². The maximum atomic E-state index is 9.38. The first-order valence-electron chi connectivity index (χ1n) is 7.99. The highest BCUT2D eigenvalue weighted by atomic mass is 16.5. The van der Waals surface area contributed by atoms with Crippen LogP contribution < -0.4 is 10.6 Å². The Kier molecular flexibility index (Phi) is 5.36. The van der Waals surface area contributed by atoms with Gasteiger partial charge in [0.1, 0.15) is 5.52 Å². The number of hydrogen-bond donors (Lipinski definition) is 2. The summed E-state index contributed by atoms with van der Waals surface area (Å²) in [6.07, 6.45) is 5.30. The zero-order valence-electron chi connectivity index (χ0n) is 13.9. The van der Waals surface area contributed by atoms with Crippen LogP contribution in [0.4, 0.5) is 5.82 Å². The molecule has 1 fully saturated rings. The third-order valence-electron chi connectivity index (χ3n) is 3.76. The molecule has 132 valence electrons. The first-order chi connectivity index (χ1) is 12.2. The summed E-state index contributed by atoms with van der Waals surface area (Å²) in [5.74, 6) is 0.972. The third kappa shape index (κ3) is 4.01. The van der Waals surface area contributed by atoms with Crippen molar-refractivity contribution in [2.75, 3.05) is 31.2 Å². The van der Waals surface area contributed by atoms with Gasteiger partial charge in [-0.25, -0.2) is 19.5 Å². The molecule has 25 heavy (non-hydrogen) atoms. The van der Waals surface area contributed by atoms with Gasteiger partial charge in [0.15, 0.2) is 5.82 Å². The number of aliphatic hydroxyl groups is 1. The molecule has 2 aromatic rings. The molecule has 9 nitrogen and oxygen atoms in total. The number of rotatable bonds is 5. The lowest BCUT2D eigenvalue weighted by atomic mass is 10.3. The molecule has 0 radical (unpaired) electrons. The molecule has 0 unspecified atom stereocenters. The van der Waals surface area contributed by atoms with Gasteiger partial charge in [-0.3, -0.25) is 0 Å². The molecule has 0 bridgehead atoms. The maximum Gasteiger partial charge on any atom is 0.219 e. The Bertz CT molecular complexity index is 806. The molecule has 9 heteroatoms. The van der Waals surface area contributed by atoms with E-state index in [9.17, 15) is 5.11 Å². The highest BCUT2D eigenvalue weighted by molar-refractivity contribution is 5.87. The molecule has 3 rings (SSSR count). The minimum Gasteiger partial charge on any atom is -0.390 e. The summed E-state index contributed by atoms with van der Waals surface area (Å²) in [6.45, 7) is 6.21. The summed E-state index contributed by atoms with van der Waals surface area (Å²) in [5, 5.41) is 13.8. The van der Waals surface area contributed by atoms with E-state index in [2.05, 4.69) is 26.6 Å². The van der Waals surface area contributed by atoms with Gasteiger partial charge >= 0.3 is 0 Å². The Labute approximate surface area is 145 Å². The molecule has 0 spiro atoms. The smallest absolute Gasteiger partial charge is 0.219 e. The van der Waals surface area contributed by atoms with Gasteiger partial charge in [0.05, 0.1) is 37.4 Å². The predicted molar refractivity (Wildman–Crippen MR) is 96.0 cm³/mol. The lowest BCUT2D eigenvalue weighted by molar-refractivity contribution is 0.122. The first kappa shape index (κ1) is 17.1.